The van der Waals surface area contributed by atoms with Crippen LogP contribution in [0.2, 0.25) is 0 Å². The van der Waals surface area contributed by atoms with Crippen LogP contribution in [0.3, 0.4) is 0 Å². The summed E-state index contributed by atoms with van der Waals surface area (Å²) in [4.78, 5) is 16.0. The van der Waals surface area contributed by atoms with Gasteiger partial charge in [-0.05, 0) is 18.1 Å². The first-order valence-electron chi connectivity index (χ1n) is 5.51. The van der Waals surface area contributed by atoms with E-state index < -0.39 is 0 Å². The molecule has 3 nitrogen and oxygen atoms in total. The maximum atomic E-state index is 11.6. The zero-order valence-corrected chi connectivity index (χ0v) is 11.8. The Morgan fingerprint density at radius 3 is 2.83 bits per heavy atom. The first-order chi connectivity index (χ1) is 8.58. The van der Waals surface area contributed by atoms with E-state index in [9.17, 15) is 4.79 Å². The molecule has 0 aliphatic heterocycles. The minimum atomic E-state index is -0.380. The van der Waals surface area contributed by atoms with Gasteiger partial charge in [0.05, 0.1) is 10.2 Å². The van der Waals surface area contributed by atoms with E-state index in [1.165, 1.54) is 11.3 Å². The van der Waals surface area contributed by atoms with Gasteiger partial charge in [0.25, 0.3) is 0 Å². The fraction of sp³-hybridized carbons (Fsp3) is 0.231. The molecule has 1 aromatic heterocycles. The molecule has 2 aromatic rings. The van der Waals surface area contributed by atoms with Crippen LogP contribution in [-0.4, -0.2) is 11.0 Å². The van der Waals surface area contributed by atoms with Crippen LogP contribution < -0.4 is 0 Å². The van der Waals surface area contributed by atoms with Crippen molar-refractivity contribution in [3.63, 3.8) is 0 Å². The Morgan fingerprint density at radius 1 is 1.44 bits per heavy atom. The van der Waals surface area contributed by atoms with Crippen molar-refractivity contribution < 1.29 is 8.98 Å². The van der Waals surface area contributed by atoms with E-state index in [2.05, 4.69) is 11.6 Å². The molecule has 5 heteroatoms. The second kappa shape index (κ2) is 5.54. The molecule has 0 aliphatic rings. The summed E-state index contributed by atoms with van der Waals surface area (Å²) in [6, 6.07) is 7.82. The lowest BCUT2D eigenvalue weighted by atomic mass is 10.1. The molecular formula is C13H13NO2S2. The highest BCUT2D eigenvalue weighted by Gasteiger charge is 2.14. The summed E-state index contributed by atoms with van der Waals surface area (Å²) < 4.78 is 6.91. The average molecular weight is 279 g/mol. The number of hydrogen-bond donors (Lipinski definition) is 0. The molecule has 0 aliphatic carbocycles. The van der Waals surface area contributed by atoms with Crippen LogP contribution in [-0.2, 0) is 8.98 Å². The minimum Gasteiger partial charge on any atom is -0.380 e. The molecule has 0 unspecified atom stereocenters. The van der Waals surface area contributed by atoms with Crippen LogP contribution in [0.5, 0.6) is 0 Å². The van der Waals surface area contributed by atoms with Crippen molar-refractivity contribution in [1.82, 2.24) is 4.98 Å². The van der Waals surface area contributed by atoms with Crippen LogP contribution in [0.1, 0.15) is 13.8 Å². The predicted octanol–water partition coefficient (Wildman–Crippen LogP) is 4.06. The average Bonchev–Trinajstić information content (AvgIpc) is 2.77. The van der Waals surface area contributed by atoms with Gasteiger partial charge in [-0.1, -0.05) is 32.6 Å². The highest BCUT2D eigenvalue weighted by molar-refractivity contribution is 7.97. The molecular weight excluding hydrogens is 266 g/mol. The topological polar surface area (TPSA) is 39.2 Å². The Balaban J connectivity index is 2.02. The van der Waals surface area contributed by atoms with Gasteiger partial charge < -0.3 is 4.18 Å². The number of hydrogen-bond acceptors (Lipinski definition) is 5. The Bertz CT molecular complexity index is 556. The van der Waals surface area contributed by atoms with Crippen molar-refractivity contribution in [1.29, 1.82) is 0 Å². The number of carbonyl (C=O) groups excluding carboxylic acids is 1. The first-order valence-corrected chi connectivity index (χ1v) is 7.07. The molecule has 0 fully saturated rings. The third kappa shape index (κ3) is 2.91. The Hall–Kier alpha value is -1.33. The summed E-state index contributed by atoms with van der Waals surface area (Å²) in [6.07, 6.45) is 0. The number of thiazole rings is 1. The maximum Gasteiger partial charge on any atom is 0.346 e. The number of fused-ring (bicyclic) bond motifs is 1. The van der Waals surface area contributed by atoms with Gasteiger partial charge in [0.1, 0.15) is 12.0 Å². The maximum absolute atomic E-state index is 11.6. The second-order valence-electron chi connectivity index (χ2n) is 4.08. The minimum absolute atomic E-state index is 0.0912. The first kappa shape index (κ1) is 13.1. The zero-order valence-electron chi connectivity index (χ0n) is 10.2. The highest BCUT2D eigenvalue weighted by Crippen LogP contribution is 2.30. The highest BCUT2D eigenvalue weighted by atomic mass is 32.2. The molecule has 0 atom stereocenters. The molecule has 94 valence electrons. The quantitative estimate of drug-likeness (QED) is 0.625. The zero-order chi connectivity index (χ0) is 13.1. The van der Waals surface area contributed by atoms with Crippen LogP contribution in [0, 0.1) is 5.92 Å². The van der Waals surface area contributed by atoms with Gasteiger partial charge in [-0.3, -0.25) is 0 Å². The molecule has 0 spiro atoms. The molecule has 0 bridgehead atoms. The fourth-order valence-corrected chi connectivity index (χ4v) is 2.84. The number of nitrogens with zero attached hydrogens (tertiary/aromatic N) is 1. The van der Waals surface area contributed by atoms with Gasteiger partial charge in [-0.15, -0.1) is 11.3 Å². The predicted molar refractivity (Wildman–Crippen MR) is 75.5 cm³/mol. The van der Waals surface area contributed by atoms with E-state index in [1.807, 2.05) is 38.1 Å². The number of carbonyl (C=O) groups is 1. The Morgan fingerprint density at radius 2 is 2.17 bits per heavy atom. The van der Waals surface area contributed by atoms with Crippen molar-refractivity contribution in [2.24, 2.45) is 5.92 Å². The fourth-order valence-electron chi connectivity index (χ4n) is 1.25. The largest absolute Gasteiger partial charge is 0.380 e. The number of rotatable bonds is 4. The number of aromatic nitrogens is 1. The summed E-state index contributed by atoms with van der Waals surface area (Å²) in [6.45, 7) is 7.52. The van der Waals surface area contributed by atoms with Crippen LogP contribution in [0.25, 0.3) is 10.2 Å². The standard InChI is InChI=1S/C13H13NO2S2/c1-8(2)9(3)12(15)16-18-13-14-10-6-4-5-7-11(10)17-13/h4-8H,3H2,1-2H3. The van der Waals surface area contributed by atoms with E-state index >= 15 is 0 Å². The summed E-state index contributed by atoms with van der Waals surface area (Å²) >= 11 is 2.50. The smallest absolute Gasteiger partial charge is 0.346 e. The van der Waals surface area contributed by atoms with Gasteiger partial charge in [-0.2, -0.15) is 0 Å². The summed E-state index contributed by atoms with van der Waals surface area (Å²) in [5.41, 5.74) is 1.40. The molecule has 1 aromatic carbocycles. The molecule has 0 saturated heterocycles. The molecule has 0 saturated carbocycles. The van der Waals surface area contributed by atoms with Crippen molar-refractivity contribution in [2.45, 2.75) is 18.2 Å². The molecule has 2 rings (SSSR count). The number of para-hydroxylation sites is 1. The molecule has 1 heterocycles. The van der Waals surface area contributed by atoms with Crippen LogP contribution >= 0.6 is 23.4 Å². The van der Waals surface area contributed by atoms with Crippen molar-refractivity contribution in [3.05, 3.63) is 36.4 Å². The molecule has 0 radical (unpaired) electrons. The van der Waals surface area contributed by atoms with Gasteiger partial charge in [0, 0.05) is 5.57 Å². The number of benzene rings is 1. The third-order valence-electron chi connectivity index (χ3n) is 2.42. The lowest BCUT2D eigenvalue weighted by Crippen LogP contribution is -2.07. The van der Waals surface area contributed by atoms with Gasteiger partial charge in [-0.25, -0.2) is 9.78 Å². The Labute approximate surface area is 114 Å². The lowest BCUT2D eigenvalue weighted by molar-refractivity contribution is -0.129. The van der Waals surface area contributed by atoms with E-state index in [0.29, 0.717) is 5.57 Å². The van der Waals surface area contributed by atoms with E-state index in [-0.39, 0.29) is 11.9 Å². The van der Waals surface area contributed by atoms with Gasteiger partial charge in [0.2, 0.25) is 0 Å². The summed E-state index contributed by atoms with van der Waals surface area (Å²) in [5.74, 6) is -0.289. The van der Waals surface area contributed by atoms with Crippen LogP contribution in [0.15, 0.2) is 40.8 Å². The monoisotopic (exact) mass is 279 g/mol. The SMILES string of the molecule is C=C(C(=O)OSc1nc2ccccc2s1)C(C)C. The summed E-state index contributed by atoms with van der Waals surface area (Å²) in [7, 11) is 0. The van der Waals surface area contributed by atoms with Gasteiger partial charge in [0.15, 0.2) is 4.34 Å². The molecule has 18 heavy (non-hydrogen) atoms. The molecule has 0 N–H and O–H groups in total. The van der Waals surface area contributed by atoms with Gasteiger partial charge >= 0.3 is 5.97 Å². The van der Waals surface area contributed by atoms with E-state index in [0.717, 1.165) is 26.6 Å². The van der Waals surface area contributed by atoms with E-state index in [1.54, 1.807) is 0 Å². The Kier molecular flexibility index (Phi) is 4.04. The second-order valence-corrected chi connectivity index (χ2v) is 6.09. The van der Waals surface area contributed by atoms with Crippen LogP contribution in [0.4, 0.5) is 0 Å². The third-order valence-corrected chi connectivity index (χ3v) is 4.18. The lowest BCUT2D eigenvalue weighted by Gasteiger charge is -2.06. The molecule has 0 amide bonds. The van der Waals surface area contributed by atoms with Crippen molar-refractivity contribution in [3.8, 4) is 0 Å². The van der Waals surface area contributed by atoms with Crippen molar-refractivity contribution >= 4 is 39.6 Å². The van der Waals surface area contributed by atoms with Crippen molar-refractivity contribution in [2.75, 3.05) is 0 Å². The summed E-state index contributed by atoms with van der Waals surface area (Å²) in [5, 5.41) is 0. The van der Waals surface area contributed by atoms with E-state index in [4.69, 9.17) is 4.18 Å². The normalized spacial score (nSPS) is 10.8.